The Morgan fingerprint density at radius 2 is 2.11 bits per heavy atom. The van der Waals surface area contributed by atoms with Crippen LogP contribution in [0.2, 0.25) is 0 Å². The zero-order chi connectivity index (χ0) is 13.4. The van der Waals surface area contributed by atoms with E-state index in [9.17, 15) is 0 Å². The summed E-state index contributed by atoms with van der Waals surface area (Å²) >= 11 is 0. The molecule has 0 radical (unpaired) electrons. The van der Waals surface area contributed by atoms with Gasteiger partial charge in [-0.15, -0.1) is 0 Å². The third-order valence-electron chi connectivity index (χ3n) is 2.31. The molecule has 0 saturated heterocycles. The van der Waals surface area contributed by atoms with E-state index < -0.39 is 0 Å². The number of benzene rings is 1. The number of aliphatic hydroxyl groups excluding tert-OH is 1. The lowest BCUT2D eigenvalue weighted by Gasteiger charge is -2.09. The fraction of sp³-hybridized carbons (Fsp3) is 0.467. The highest BCUT2D eigenvalue weighted by Crippen LogP contribution is 2.19. The van der Waals surface area contributed by atoms with Crippen molar-refractivity contribution in [3.05, 3.63) is 29.3 Å². The van der Waals surface area contributed by atoms with Crippen molar-refractivity contribution in [3.63, 3.8) is 0 Å². The summed E-state index contributed by atoms with van der Waals surface area (Å²) in [5.41, 5.74) is 1.90. The van der Waals surface area contributed by atoms with Gasteiger partial charge in [-0.1, -0.05) is 17.9 Å². The van der Waals surface area contributed by atoms with Gasteiger partial charge >= 0.3 is 0 Å². The highest BCUT2D eigenvalue weighted by Gasteiger charge is 2.03. The molecule has 0 unspecified atom stereocenters. The third kappa shape index (κ3) is 4.79. The lowest BCUT2D eigenvalue weighted by Crippen LogP contribution is -2.02. The van der Waals surface area contributed by atoms with Gasteiger partial charge in [0.25, 0.3) is 0 Å². The number of hydrogen-bond acceptors (Lipinski definition) is 3. The van der Waals surface area contributed by atoms with Crippen LogP contribution in [0.25, 0.3) is 0 Å². The first kappa shape index (κ1) is 14.6. The smallest absolute Gasteiger partial charge is 0.134 e. The second-order valence-corrected chi connectivity index (χ2v) is 4.17. The number of hydrogen-bond donors (Lipinski definition) is 1. The summed E-state index contributed by atoms with van der Waals surface area (Å²) in [6.45, 7) is 4.65. The van der Waals surface area contributed by atoms with Crippen LogP contribution in [0.5, 0.6) is 5.75 Å². The van der Waals surface area contributed by atoms with Crippen molar-refractivity contribution in [1.29, 1.82) is 0 Å². The third-order valence-corrected chi connectivity index (χ3v) is 2.31. The minimum Gasteiger partial charge on any atom is -0.495 e. The average Bonchev–Trinajstić information content (AvgIpc) is 2.37. The normalized spacial score (nSPS) is 10.1. The monoisotopic (exact) mass is 248 g/mol. The topological polar surface area (TPSA) is 38.7 Å². The molecular formula is C15H20O3. The molecule has 3 heteroatoms. The summed E-state index contributed by atoms with van der Waals surface area (Å²) in [6.07, 6.45) is 0.673. The molecule has 0 spiro atoms. The van der Waals surface area contributed by atoms with Crippen LogP contribution in [0.15, 0.2) is 18.2 Å². The molecule has 0 aliphatic rings. The summed E-state index contributed by atoms with van der Waals surface area (Å²) in [4.78, 5) is 0. The first-order valence-electron chi connectivity index (χ1n) is 6.05. The summed E-state index contributed by atoms with van der Waals surface area (Å²) in [5, 5.41) is 8.72. The van der Waals surface area contributed by atoms with E-state index in [1.807, 2.05) is 32.0 Å². The van der Waals surface area contributed by atoms with Gasteiger partial charge in [-0.05, 0) is 31.5 Å². The fourth-order valence-electron chi connectivity index (χ4n) is 1.42. The molecule has 1 N–H and O–H groups in total. The average molecular weight is 248 g/mol. The van der Waals surface area contributed by atoms with Crippen molar-refractivity contribution in [1.82, 2.24) is 0 Å². The maximum atomic E-state index is 8.72. The first-order chi connectivity index (χ1) is 8.67. The van der Waals surface area contributed by atoms with E-state index in [1.165, 1.54) is 0 Å². The van der Waals surface area contributed by atoms with Crippen molar-refractivity contribution in [2.24, 2.45) is 0 Å². The molecular weight excluding hydrogens is 228 g/mol. The van der Waals surface area contributed by atoms with Crippen molar-refractivity contribution in [2.45, 2.75) is 33.0 Å². The Kier molecular flexibility index (Phi) is 6.27. The molecule has 18 heavy (non-hydrogen) atoms. The highest BCUT2D eigenvalue weighted by molar-refractivity contribution is 5.48. The van der Waals surface area contributed by atoms with Crippen molar-refractivity contribution >= 4 is 0 Å². The summed E-state index contributed by atoms with van der Waals surface area (Å²) in [7, 11) is 1.62. The van der Waals surface area contributed by atoms with Gasteiger partial charge < -0.3 is 14.6 Å². The molecule has 0 atom stereocenters. The zero-order valence-electron chi connectivity index (χ0n) is 11.2. The van der Waals surface area contributed by atoms with E-state index in [1.54, 1.807) is 7.11 Å². The second kappa shape index (κ2) is 7.75. The Morgan fingerprint density at radius 1 is 1.33 bits per heavy atom. The van der Waals surface area contributed by atoms with Crippen LogP contribution in [0.3, 0.4) is 0 Å². The second-order valence-electron chi connectivity index (χ2n) is 4.17. The zero-order valence-corrected chi connectivity index (χ0v) is 11.2. The Morgan fingerprint density at radius 3 is 2.72 bits per heavy atom. The van der Waals surface area contributed by atoms with Crippen LogP contribution in [0, 0.1) is 11.8 Å². The lowest BCUT2D eigenvalue weighted by molar-refractivity contribution is 0.0657. The molecule has 1 aromatic carbocycles. The van der Waals surface area contributed by atoms with E-state index in [4.69, 9.17) is 14.6 Å². The van der Waals surface area contributed by atoms with Gasteiger partial charge in [0, 0.05) is 6.42 Å². The van der Waals surface area contributed by atoms with E-state index in [-0.39, 0.29) is 12.7 Å². The van der Waals surface area contributed by atoms with E-state index in [0.29, 0.717) is 13.0 Å². The van der Waals surface area contributed by atoms with Crippen LogP contribution in [0.4, 0.5) is 0 Å². The van der Waals surface area contributed by atoms with Crippen LogP contribution < -0.4 is 4.74 Å². The first-order valence-corrected chi connectivity index (χ1v) is 6.05. The number of methoxy groups -OCH3 is 1. The van der Waals surface area contributed by atoms with Gasteiger partial charge in [-0.2, -0.15) is 0 Å². The van der Waals surface area contributed by atoms with Gasteiger partial charge in [0.2, 0.25) is 0 Å². The van der Waals surface area contributed by atoms with Crippen molar-refractivity contribution < 1.29 is 14.6 Å². The maximum absolute atomic E-state index is 8.72. The lowest BCUT2D eigenvalue weighted by atomic mass is 10.1. The molecule has 1 rings (SSSR count). The molecule has 0 aliphatic carbocycles. The SMILES string of the molecule is COc1ccc(COC(C)C)cc1C#CCCO. The molecule has 0 amide bonds. The van der Waals surface area contributed by atoms with Gasteiger partial charge in [0.1, 0.15) is 5.75 Å². The quantitative estimate of drug-likeness (QED) is 0.813. The van der Waals surface area contributed by atoms with Crippen LogP contribution >= 0.6 is 0 Å². The Labute approximate surface area is 109 Å². The number of rotatable bonds is 5. The fourth-order valence-corrected chi connectivity index (χ4v) is 1.42. The standard InChI is InChI=1S/C15H20O3/c1-12(2)18-11-13-7-8-15(17-3)14(10-13)6-4-5-9-16/h7-8,10,12,16H,5,9,11H2,1-3H3. The van der Waals surface area contributed by atoms with Gasteiger partial charge in [-0.25, -0.2) is 0 Å². The molecule has 0 aromatic heterocycles. The summed E-state index contributed by atoms with van der Waals surface area (Å²) < 4.78 is 10.8. The Balaban J connectivity index is 2.85. The summed E-state index contributed by atoms with van der Waals surface area (Å²) in [6, 6.07) is 5.83. The minimum absolute atomic E-state index is 0.0749. The van der Waals surface area contributed by atoms with Gasteiger partial charge in [0.15, 0.2) is 0 Å². The van der Waals surface area contributed by atoms with E-state index >= 15 is 0 Å². The van der Waals surface area contributed by atoms with Crippen LogP contribution in [0.1, 0.15) is 31.4 Å². The summed E-state index contributed by atoms with van der Waals surface area (Å²) in [5.74, 6) is 6.64. The Bertz CT molecular complexity index is 427. The van der Waals surface area contributed by atoms with E-state index in [2.05, 4.69) is 11.8 Å². The van der Waals surface area contributed by atoms with Crippen LogP contribution in [-0.4, -0.2) is 24.9 Å². The molecule has 0 saturated carbocycles. The molecule has 1 aromatic rings. The molecule has 0 aliphatic heterocycles. The number of ether oxygens (including phenoxy) is 2. The maximum Gasteiger partial charge on any atom is 0.134 e. The molecule has 98 valence electrons. The highest BCUT2D eigenvalue weighted by atomic mass is 16.5. The van der Waals surface area contributed by atoms with Gasteiger partial charge in [-0.3, -0.25) is 0 Å². The molecule has 3 nitrogen and oxygen atoms in total. The Hall–Kier alpha value is -1.50. The van der Waals surface area contributed by atoms with E-state index in [0.717, 1.165) is 16.9 Å². The van der Waals surface area contributed by atoms with Crippen molar-refractivity contribution in [2.75, 3.05) is 13.7 Å². The largest absolute Gasteiger partial charge is 0.495 e. The van der Waals surface area contributed by atoms with Gasteiger partial charge in [0.05, 0.1) is 32.0 Å². The molecule has 0 heterocycles. The molecule has 0 bridgehead atoms. The van der Waals surface area contributed by atoms with Crippen molar-refractivity contribution in [3.8, 4) is 17.6 Å². The number of aliphatic hydroxyl groups is 1. The minimum atomic E-state index is 0.0749. The molecule has 0 fully saturated rings. The van der Waals surface area contributed by atoms with Crippen LogP contribution in [-0.2, 0) is 11.3 Å². The predicted molar refractivity (Wildman–Crippen MR) is 71.5 cm³/mol. The predicted octanol–water partition coefficient (Wildman–Crippen LogP) is 2.35.